The molecule has 1 fully saturated rings. The summed E-state index contributed by atoms with van der Waals surface area (Å²) in [7, 11) is 0. The third-order valence-electron chi connectivity index (χ3n) is 4.49. The van der Waals surface area contributed by atoms with E-state index in [1.54, 1.807) is 6.07 Å². The molecule has 8 nitrogen and oxygen atoms in total. The van der Waals surface area contributed by atoms with Gasteiger partial charge in [0.05, 0.1) is 23.0 Å². The van der Waals surface area contributed by atoms with Crippen molar-refractivity contribution in [3.63, 3.8) is 0 Å². The molecule has 0 bridgehead atoms. The minimum absolute atomic E-state index is 0.108. The molecule has 4 N–H and O–H groups in total. The summed E-state index contributed by atoms with van der Waals surface area (Å²) in [5, 5.41) is 9.94. The molecule has 1 aliphatic rings. The van der Waals surface area contributed by atoms with Crippen LogP contribution in [0, 0.1) is 5.92 Å². The van der Waals surface area contributed by atoms with Gasteiger partial charge < -0.3 is 10.6 Å². The molecule has 25 heavy (non-hydrogen) atoms. The zero-order valence-corrected chi connectivity index (χ0v) is 13.7. The summed E-state index contributed by atoms with van der Waals surface area (Å²) < 4.78 is 0. The Labute approximate surface area is 143 Å². The van der Waals surface area contributed by atoms with Gasteiger partial charge in [-0.25, -0.2) is 0 Å². The topological polar surface area (TPSA) is 124 Å². The van der Waals surface area contributed by atoms with E-state index in [-0.39, 0.29) is 28.9 Å². The van der Waals surface area contributed by atoms with Crippen molar-refractivity contribution in [1.29, 1.82) is 0 Å². The van der Waals surface area contributed by atoms with Gasteiger partial charge in [-0.2, -0.15) is 0 Å². The monoisotopic (exact) mass is 344 g/mol. The largest absolute Gasteiger partial charge is 0.347 e. The number of nitrogens with one attached hydrogen (secondary N) is 4. The van der Waals surface area contributed by atoms with E-state index in [2.05, 4.69) is 20.8 Å². The Kier molecular flexibility index (Phi) is 4.97. The second-order valence-electron chi connectivity index (χ2n) is 6.32. The number of hydrogen-bond acceptors (Lipinski definition) is 4. The first kappa shape index (κ1) is 16.9. The van der Waals surface area contributed by atoms with Gasteiger partial charge in [-0.1, -0.05) is 18.9 Å². The van der Waals surface area contributed by atoms with E-state index in [1.165, 1.54) is 12.1 Å². The Balaban J connectivity index is 1.64. The zero-order valence-electron chi connectivity index (χ0n) is 13.7. The van der Waals surface area contributed by atoms with Crippen LogP contribution in [0.2, 0.25) is 0 Å². The maximum Gasteiger partial charge on any atom is 0.272 e. The maximum absolute atomic E-state index is 12.1. The predicted octanol–water partition coefficient (Wildman–Crippen LogP) is 0.851. The third-order valence-corrected chi connectivity index (χ3v) is 4.49. The van der Waals surface area contributed by atoms with Crippen LogP contribution in [0.25, 0.3) is 10.8 Å². The summed E-state index contributed by atoms with van der Waals surface area (Å²) in [6.07, 6.45) is 4.89. The number of rotatable bonds is 5. The Morgan fingerprint density at radius 1 is 1.04 bits per heavy atom. The molecule has 2 amide bonds. The number of benzene rings is 1. The highest BCUT2D eigenvalue weighted by molar-refractivity contribution is 6.02. The molecule has 2 aromatic rings. The van der Waals surface area contributed by atoms with Crippen LogP contribution in [-0.2, 0) is 9.59 Å². The van der Waals surface area contributed by atoms with Gasteiger partial charge in [-0.3, -0.25) is 29.4 Å². The summed E-state index contributed by atoms with van der Waals surface area (Å²) in [5.41, 5.74) is -0.716. The lowest BCUT2D eigenvalue weighted by molar-refractivity contribution is -0.124. The summed E-state index contributed by atoms with van der Waals surface area (Å²) >= 11 is 0. The van der Waals surface area contributed by atoms with E-state index >= 15 is 0 Å². The number of carbonyl (C=O) groups excluding carboxylic acids is 2. The van der Waals surface area contributed by atoms with Gasteiger partial charge in [-0.15, -0.1) is 0 Å². The van der Waals surface area contributed by atoms with E-state index in [0.29, 0.717) is 12.3 Å². The molecular formula is C17H20N4O4. The van der Waals surface area contributed by atoms with Crippen LogP contribution >= 0.6 is 0 Å². The summed E-state index contributed by atoms with van der Waals surface area (Å²) in [4.78, 5) is 47.6. The highest BCUT2D eigenvalue weighted by atomic mass is 16.2. The maximum atomic E-state index is 12.1. The number of aromatic nitrogens is 2. The lowest BCUT2D eigenvalue weighted by atomic mass is 10.0. The van der Waals surface area contributed by atoms with E-state index in [4.69, 9.17) is 0 Å². The van der Waals surface area contributed by atoms with E-state index in [9.17, 15) is 19.2 Å². The number of H-pyrrole nitrogens is 2. The molecule has 1 aromatic heterocycles. The molecule has 8 heteroatoms. The number of fused-ring (bicyclic) bond motifs is 1. The molecule has 0 radical (unpaired) electrons. The van der Waals surface area contributed by atoms with Crippen LogP contribution in [0.5, 0.6) is 0 Å². The molecule has 0 saturated heterocycles. The van der Waals surface area contributed by atoms with Crippen LogP contribution in [0.4, 0.5) is 5.69 Å². The minimum atomic E-state index is -0.504. The van der Waals surface area contributed by atoms with Gasteiger partial charge in [0, 0.05) is 6.42 Å². The van der Waals surface area contributed by atoms with Crippen LogP contribution < -0.4 is 21.8 Å². The van der Waals surface area contributed by atoms with Crippen LogP contribution in [0.3, 0.4) is 0 Å². The van der Waals surface area contributed by atoms with Gasteiger partial charge in [0.2, 0.25) is 11.8 Å². The molecule has 1 aliphatic carbocycles. The molecule has 0 spiro atoms. The Bertz CT molecular complexity index is 909. The van der Waals surface area contributed by atoms with Gasteiger partial charge in [0.1, 0.15) is 0 Å². The second-order valence-corrected chi connectivity index (χ2v) is 6.32. The molecular weight excluding hydrogens is 324 g/mol. The van der Waals surface area contributed by atoms with Crippen LogP contribution in [0.15, 0.2) is 27.8 Å². The Morgan fingerprint density at radius 2 is 1.76 bits per heavy atom. The number of anilines is 1. The van der Waals surface area contributed by atoms with Crippen molar-refractivity contribution in [1.82, 2.24) is 15.5 Å². The lowest BCUT2D eigenvalue weighted by Crippen LogP contribution is -2.34. The van der Waals surface area contributed by atoms with Crippen molar-refractivity contribution < 1.29 is 9.59 Å². The van der Waals surface area contributed by atoms with E-state index < -0.39 is 17.0 Å². The SMILES string of the molecule is O=C(CC1CCCC1)NCC(=O)Nc1cccc2c(=O)[nH][nH]c(=O)c12. The van der Waals surface area contributed by atoms with Crippen LogP contribution in [0.1, 0.15) is 32.1 Å². The fraction of sp³-hybridized carbons (Fsp3) is 0.412. The normalized spacial score (nSPS) is 14.6. The highest BCUT2D eigenvalue weighted by Crippen LogP contribution is 2.27. The average molecular weight is 344 g/mol. The summed E-state index contributed by atoms with van der Waals surface area (Å²) in [6.45, 7) is -0.178. The summed E-state index contributed by atoms with van der Waals surface area (Å²) in [5.74, 6) is -0.187. The first-order chi connectivity index (χ1) is 12.0. The molecule has 0 aliphatic heterocycles. The smallest absolute Gasteiger partial charge is 0.272 e. The first-order valence-electron chi connectivity index (χ1n) is 8.35. The highest BCUT2D eigenvalue weighted by Gasteiger charge is 2.19. The lowest BCUT2D eigenvalue weighted by Gasteiger charge is -2.10. The van der Waals surface area contributed by atoms with Gasteiger partial charge in [-0.05, 0) is 30.9 Å². The molecule has 1 saturated carbocycles. The molecule has 3 rings (SSSR count). The number of aromatic amines is 2. The first-order valence-corrected chi connectivity index (χ1v) is 8.35. The van der Waals surface area contributed by atoms with Gasteiger partial charge in [0.15, 0.2) is 0 Å². The quantitative estimate of drug-likeness (QED) is 0.642. The summed E-state index contributed by atoms with van der Waals surface area (Å²) in [6, 6.07) is 4.61. The molecule has 1 aromatic carbocycles. The molecule has 132 valence electrons. The van der Waals surface area contributed by atoms with Crippen molar-refractivity contribution in [3.8, 4) is 0 Å². The van der Waals surface area contributed by atoms with Crippen molar-refractivity contribution in [2.75, 3.05) is 11.9 Å². The van der Waals surface area contributed by atoms with Crippen molar-refractivity contribution in [2.45, 2.75) is 32.1 Å². The second kappa shape index (κ2) is 7.33. The Morgan fingerprint density at radius 3 is 2.52 bits per heavy atom. The predicted molar refractivity (Wildman–Crippen MR) is 93.4 cm³/mol. The van der Waals surface area contributed by atoms with E-state index in [0.717, 1.165) is 25.7 Å². The van der Waals surface area contributed by atoms with Crippen molar-refractivity contribution >= 4 is 28.3 Å². The Hall–Kier alpha value is -2.90. The number of carbonyl (C=O) groups is 2. The fourth-order valence-electron chi connectivity index (χ4n) is 3.26. The molecule has 0 unspecified atom stereocenters. The van der Waals surface area contributed by atoms with Crippen molar-refractivity contribution in [3.05, 3.63) is 38.9 Å². The minimum Gasteiger partial charge on any atom is -0.347 e. The molecule has 1 heterocycles. The van der Waals surface area contributed by atoms with Crippen molar-refractivity contribution in [2.24, 2.45) is 5.92 Å². The van der Waals surface area contributed by atoms with Crippen LogP contribution in [-0.4, -0.2) is 28.6 Å². The fourth-order valence-corrected chi connectivity index (χ4v) is 3.26. The van der Waals surface area contributed by atoms with Gasteiger partial charge >= 0.3 is 0 Å². The third kappa shape index (κ3) is 3.96. The standard InChI is InChI=1S/C17H20N4O4/c22-13(8-10-4-1-2-5-10)18-9-14(23)19-12-7-3-6-11-15(12)17(25)21-20-16(11)24/h3,6-7,10H,1-2,4-5,8-9H2,(H,18,22)(H,19,23)(H,20,24)(H,21,25). The van der Waals surface area contributed by atoms with Gasteiger partial charge in [0.25, 0.3) is 11.1 Å². The van der Waals surface area contributed by atoms with E-state index in [1.807, 2.05) is 0 Å². The number of hydrogen-bond donors (Lipinski definition) is 4. The molecule has 0 atom stereocenters. The number of amides is 2. The average Bonchev–Trinajstić information content (AvgIpc) is 3.09. The zero-order chi connectivity index (χ0) is 17.8.